The average molecular weight is 356 g/mol. The summed E-state index contributed by atoms with van der Waals surface area (Å²) in [6, 6.07) is 0.964. The van der Waals surface area contributed by atoms with Gasteiger partial charge in [0.25, 0.3) is 0 Å². The molecule has 2 saturated heterocycles. The van der Waals surface area contributed by atoms with Crippen LogP contribution in [-0.4, -0.2) is 71.6 Å². The lowest BCUT2D eigenvalue weighted by molar-refractivity contribution is -0.141. The van der Waals surface area contributed by atoms with Gasteiger partial charge in [-0.3, -0.25) is 4.99 Å². The summed E-state index contributed by atoms with van der Waals surface area (Å²) in [5, 5.41) is 9.36. The van der Waals surface area contributed by atoms with E-state index in [4.69, 9.17) is 5.73 Å². The number of nitrogens with two attached hydrogens (primary N) is 1. The van der Waals surface area contributed by atoms with E-state index in [0.29, 0.717) is 5.57 Å². The molecule has 0 spiro atoms. The van der Waals surface area contributed by atoms with Crippen LogP contribution in [0.5, 0.6) is 0 Å². The molecule has 3 N–H and O–H groups in total. The fourth-order valence-corrected chi connectivity index (χ4v) is 2.63. The molecule has 3 rings (SSSR count). The Balaban J connectivity index is 1.88. The molecule has 3 heterocycles. The van der Waals surface area contributed by atoms with E-state index in [1.807, 2.05) is 7.05 Å². The Labute approximate surface area is 142 Å². The van der Waals surface area contributed by atoms with E-state index >= 15 is 0 Å². The Morgan fingerprint density at radius 1 is 1.32 bits per heavy atom. The van der Waals surface area contributed by atoms with Crippen LogP contribution in [0.4, 0.5) is 19.1 Å². The van der Waals surface area contributed by atoms with Crippen LogP contribution in [0.1, 0.15) is 11.4 Å². The molecule has 0 amide bonds. The molecule has 0 aromatic carbocycles. The van der Waals surface area contributed by atoms with Gasteiger partial charge < -0.3 is 20.6 Å². The molecule has 0 aliphatic carbocycles. The maximum atomic E-state index is 13.2. The Bertz CT molecular complexity index is 693. The summed E-state index contributed by atoms with van der Waals surface area (Å²) < 4.78 is 39.5. The van der Waals surface area contributed by atoms with Crippen LogP contribution in [0.3, 0.4) is 0 Å². The molecule has 2 fully saturated rings. The van der Waals surface area contributed by atoms with Gasteiger partial charge in [-0.25, -0.2) is 9.97 Å². The van der Waals surface area contributed by atoms with Crippen molar-refractivity contribution in [1.29, 1.82) is 0 Å². The highest BCUT2D eigenvalue weighted by atomic mass is 19.4. The highest BCUT2D eigenvalue weighted by molar-refractivity contribution is 6.09. The van der Waals surface area contributed by atoms with Crippen molar-refractivity contribution in [2.75, 3.05) is 38.1 Å². The molecule has 7 nitrogen and oxygen atoms in total. The van der Waals surface area contributed by atoms with Crippen LogP contribution in [0, 0.1) is 0 Å². The SMILES string of the molecule is CN1CC(N=CC(=CN)c2cc(C(F)(F)F)nc(N3CC(O)C3)n2)C1. The number of aliphatic hydroxyl groups excluding tert-OH is 1. The minimum atomic E-state index is -4.61. The van der Waals surface area contributed by atoms with E-state index < -0.39 is 18.0 Å². The first-order valence-corrected chi connectivity index (χ1v) is 7.79. The number of aromatic nitrogens is 2. The summed E-state index contributed by atoms with van der Waals surface area (Å²) in [4.78, 5) is 15.6. The molecule has 136 valence electrons. The molecule has 10 heteroatoms. The van der Waals surface area contributed by atoms with Crippen molar-refractivity contribution < 1.29 is 18.3 Å². The number of alkyl halides is 3. The number of allylic oxidation sites excluding steroid dienone is 1. The van der Waals surface area contributed by atoms with Crippen LogP contribution in [0.25, 0.3) is 5.57 Å². The normalized spacial score (nSPS) is 20.8. The molecule has 0 saturated carbocycles. The van der Waals surface area contributed by atoms with E-state index in [1.54, 1.807) is 0 Å². The van der Waals surface area contributed by atoms with Gasteiger partial charge in [-0.05, 0) is 13.1 Å². The van der Waals surface area contributed by atoms with E-state index in [2.05, 4.69) is 19.9 Å². The molecular weight excluding hydrogens is 337 g/mol. The van der Waals surface area contributed by atoms with Gasteiger partial charge in [0.2, 0.25) is 5.95 Å². The van der Waals surface area contributed by atoms with Crippen molar-refractivity contribution in [1.82, 2.24) is 14.9 Å². The van der Waals surface area contributed by atoms with Crippen LogP contribution in [0.15, 0.2) is 17.3 Å². The average Bonchev–Trinajstić information content (AvgIpc) is 2.49. The maximum absolute atomic E-state index is 13.2. The molecule has 0 atom stereocenters. The number of β-amino-alcohol motifs (C(OH)–C–C–N with tert-alkyl or cyclic N) is 1. The number of aliphatic imine (C=N–C) groups is 1. The summed E-state index contributed by atoms with van der Waals surface area (Å²) in [5.41, 5.74) is 4.87. The zero-order valence-electron chi connectivity index (χ0n) is 13.6. The van der Waals surface area contributed by atoms with Crippen LogP contribution >= 0.6 is 0 Å². The third kappa shape index (κ3) is 3.90. The van der Waals surface area contributed by atoms with Crippen molar-refractivity contribution >= 4 is 17.7 Å². The molecule has 2 aliphatic rings. The lowest BCUT2D eigenvalue weighted by Crippen LogP contribution is -2.51. The lowest BCUT2D eigenvalue weighted by atomic mass is 10.1. The number of aliphatic hydroxyl groups is 1. The Morgan fingerprint density at radius 2 is 2.00 bits per heavy atom. The number of nitrogens with zero attached hydrogens (tertiary/aromatic N) is 5. The van der Waals surface area contributed by atoms with Gasteiger partial charge in [-0.2, -0.15) is 13.2 Å². The second kappa shape index (κ2) is 6.60. The molecule has 2 aliphatic heterocycles. The lowest BCUT2D eigenvalue weighted by Gasteiger charge is -2.36. The van der Waals surface area contributed by atoms with Crippen LogP contribution in [0.2, 0.25) is 0 Å². The van der Waals surface area contributed by atoms with E-state index in [9.17, 15) is 18.3 Å². The summed E-state index contributed by atoms with van der Waals surface area (Å²) in [6.07, 6.45) is -2.55. The number of likely N-dealkylation sites (N-methyl/N-ethyl adjacent to an activating group) is 1. The molecule has 0 radical (unpaired) electrons. The van der Waals surface area contributed by atoms with Gasteiger partial charge in [0.05, 0.1) is 17.8 Å². The maximum Gasteiger partial charge on any atom is 0.433 e. The van der Waals surface area contributed by atoms with Gasteiger partial charge in [0.1, 0.15) is 0 Å². The van der Waals surface area contributed by atoms with Crippen molar-refractivity contribution in [2.24, 2.45) is 10.7 Å². The van der Waals surface area contributed by atoms with E-state index in [0.717, 1.165) is 19.2 Å². The highest BCUT2D eigenvalue weighted by Crippen LogP contribution is 2.31. The van der Waals surface area contributed by atoms with Gasteiger partial charge >= 0.3 is 6.18 Å². The number of likely N-dealkylation sites (tertiary alicyclic amines) is 1. The minimum absolute atomic E-state index is 0.0534. The smallest absolute Gasteiger partial charge is 0.404 e. The fraction of sp³-hybridized carbons (Fsp3) is 0.533. The summed E-state index contributed by atoms with van der Waals surface area (Å²) in [7, 11) is 1.96. The van der Waals surface area contributed by atoms with Gasteiger partial charge in [-0.15, -0.1) is 0 Å². The number of anilines is 1. The number of halogens is 3. The molecule has 1 aromatic rings. The Kier molecular flexibility index (Phi) is 4.65. The molecular formula is C15H19F3N6O. The third-order valence-electron chi connectivity index (χ3n) is 4.09. The van der Waals surface area contributed by atoms with Crippen LogP contribution < -0.4 is 10.6 Å². The van der Waals surface area contributed by atoms with Crippen LogP contribution in [-0.2, 0) is 6.18 Å². The minimum Gasteiger partial charge on any atom is -0.404 e. The highest BCUT2D eigenvalue weighted by Gasteiger charge is 2.36. The first-order valence-electron chi connectivity index (χ1n) is 7.79. The molecule has 0 unspecified atom stereocenters. The monoisotopic (exact) mass is 356 g/mol. The summed E-state index contributed by atoms with van der Waals surface area (Å²) >= 11 is 0. The van der Waals surface area contributed by atoms with E-state index in [1.165, 1.54) is 17.3 Å². The molecule has 0 bridgehead atoms. The first-order chi connectivity index (χ1) is 11.8. The zero-order valence-corrected chi connectivity index (χ0v) is 13.6. The predicted molar refractivity (Wildman–Crippen MR) is 87.2 cm³/mol. The molecule has 25 heavy (non-hydrogen) atoms. The quantitative estimate of drug-likeness (QED) is 0.757. The van der Waals surface area contributed by atoms with Crippen molar-refractivity contribution in [3.63, 3.8) is 0 Å². The van der Waals surface area contributed by atoms with Gasteiger partial charge in [-0.1, -0.05) is 0 Å². The fourth-order valence-electron chi connectivity index (χ4n) is 2.63. The largest absolute Gasteiger partial charge is 0.433 e. The summed E-state index contributed by atoms with van der Waals surface area (Å²) in [6.45, 7) is 1.99. The van der Waals surface area contributed by atoms with Gasteiger partial charge in [0.15, 0.2) is 5.69 Å². The van der Waals surface area contributed by atoms with Crippen molar-refractivity contribution in [3.8, 4) is 0 Å². The summed E-state index contributed by atoms with van der Waals surface area (Å²) in [5.74, 6) is -0.0775. The second-order valence-electron chi connectivity index (χ2n) is 6.27. The van der Waals surface area contributed by atoms with Crippen molar-refractivity contribution in [2.45, 2.75) is 18.3 Å². The number of rotatable bonds is 4. The van der Waals surface area contributed by atoms with Gasteiger partial charge in [0, 0.05) is 44.2 Å². The zero-order chi connectivity index (χ0) is 18.2. The third-order valence-corrected chi connectivity index (χ3v) is 4.09. The van der Waals surface area contributed by atoms with E-state index in [-0.39, 0.29) is 30.8 Å². The Hall–Kier alpha value is -2.20. The first kappa shape index (κ1) is 17.6. The Morgan fingerprint density at radius 3 is 2.52 bits per heavy atom. The molecule has 1 aromatic heterocycles. The topological polar surface area (TPSA) is 90.9 Å². The standard InChI is InChI=1S/C15H19F3N6O/c1-23-5-10(6-23)20-4-9(3-19)12-2-13(15(16,17)18)22-14(21-12)24-7-11(25)8-24/h2-4,10-11,25H,5-8,19H2,1H3. The predicted octanol–water partition coefficient (Wildman–Crippen LogP) is 0.361. The second-order valence-corrected chi connectivity index (χ2v) is 6.27. The van der Waals surface area contributed by atoms with Crippen molar-refractivity contribution in [3.05, 3.63) is 23.7 Å². The number of hydrogen-bond donors (Lipinski definition) is 2. The number of hydrogen-bond acceptors (Lipinski definition) is 7.